The molecule has 7 rings (SSSR count). The van der Waals surface area contributed by atoms with Crippen molar-refractivity contribution in [2.24, 2.45) is 0 Å². The summed E-state index contributed by atoms with van der Waals surface area (Å²) in [5, 5.41) is 2.56. The molecule has 0 aliphatic carbocycles. The maximum Gasteiger partial charge on any atom is 0.339 e. The number of hydrogen-bond acceptors (Lipinski definition) is 10. The van der Waals surface area contributed by atoms with E-state index in [0.29, 0.717) is 29.1 Å². The van der Waals surface area contributed by atoms with Crippen LogP contribution in [-0.2, 0) is 26.6 Å². The molecule has 1 fully saturated rings. The van der Waals surface area contributed by atoms with Gasteiger partial charge in [0.25, 0.3) is 0 Å². The maximum absolute atomic E-state index is 14.3. The largest absolute Gasteiger partial charge is 0.495 e. The zero-order valence-corrected chi connectivity index (χ0v) is 30.5. The fraction of sp³-hybridized carbons (Fsp3) is 0.231. The van der Waals surface area contributed by atoms with Gasteiger partial charge in [-0.15, -0.1) is 0 Å². The summed E-state index contributed by atoms with van der Waals surface area (Å²) >= 11 is 0. The van der Waals surface area contributed by atoms with Crippen molar-refractivity contribution in [3.8, 4) is 11.5 Å². The van der Waals surface area contributed by atoms with Gasteiger partial charge in [0, 0.05) is 92.1 Å². The lowest BCUT2D eigenvalue weighted by atomic mass is 10.0. The third-order valence-corrected chi connectivity index (χ3v) is 12.9. The van der Waals surface area contributed by atoms with E-state index in [9.17, 15) is 16.8 Å². The van der Waals surface area contributed by atoms with E-state index in [2.05, 4.69) is 25.8 Å². The number of aromatic nitrogens is 2. The average molecular weight is 738 g/mol. The summed E-state index contributed by atoms with van der Waals surface area (Å²) in [6, 6.07) is 27.8. The number of sulfonamides is 1. The Morgan fingerprint density at radius 3 is 2.00 bits per heavy atom. The van der Waals surface area contributed by atoms with Crippen LogP contribution in [0.15, 0.2) is 132 Å². The van der Waals surface area contributed by atoms with Gasteiger partial charge in [-0.1, -0.05) is 48.5 Å². The summed E-state index contributed by atoms with van der Waals surface area (Å²) in [4.78, 5) is 13.1. The Kier molecular flexibility index (Phi) is 10.1. The number of para-hydroxylation sites is 2. The van der Waals surface area contributed by atoms with E-state index in [0.717, 1.165) is 48.6 Å². The molecular formula is C39H39N5O6S2. The minimum Gasteiger partial charge on any atom is -0.495 e. The van der Waals surface area contributed by atoms with Crippen LogP contribution in [0.2, 0.25) is 0 Å². The van der Waals surface area contributed by atoms with Gasteiger partial charge in [0.15, 0.2) is 0 Å². The second-order valence-corrected chi connectivity index (χ2v) is 16.2. The van der Waals surface area contributed by atoms with Gasteiger partial charge in [0.1, 0.15) is 16.4 Å². The Morgan fingerprint density at radius 2 is 1.35 bits per heavy atom. The monoisotopic (exact) mass is 737 g/mol. The lowest BCUT2D eigenvalue weighted by Crippen LogP contribution is -2.52. The fourth-order valence-corrected chi connectivity index (χ4v) is 9.49. The molecule has 0 spiro atoms. The Bertz CT molecular complexity index is 2410. The molecule has 4 aromatic carbocycles. The first-order chi connectivity index (χ1) is 25.1. The van der Waals surface area contributed by atoms with Crippen molar-refractivity contribution in [1.29, 1.82) is 0 Å². The number of piperazine rings is 1. The second-order valence-electron chi connectivity index (χ2n) is 12.7. The molecule has 1 saturated heterocycles. The quantitative estimate of drug-likeness (QED) is 0.147. The maximum atomic E-state index is 14.3. The minimum absolute atomic E-state index is 0.0541. The predicted molar refractivity (Wildman–Crippen MR) is 202 cm³/mol. The third kappa shape index (κ3) is 7.30. The van der Waals surface area contributed by atoms with Crippen molar-refractivity contribution < 1.29 is 25.8 Å². The first kappa shape index (κ1) is 35.3. The van der Waals surface area contributed by atoms with E-state index in [1.54, 1.807) is 99.6 Å². The first-order valence-electron chi connectivity index (χ1n) is 16.9. The number of rotatable bonds is 12. The van der Waals surface area contributed by atoms with Crippen molar-refractivity contribution in [2.45, 2.75) is 22.3 Å². The zero-order valence-electron chi connectivity index (χ0n) is 28.9. The molecule has 0 amide bonds. The topological polar surface area (TPSA) is 122 Å². The van der Waals surface area contributed by atoms with E-state index >= 15 is 0 Å². The predicted octanol–water partition coefficient (Wildman–Crippen LogP) is 5.61. The van der Waals surface area contributed by atoms with Crippen LogP contribution < -0.4 is 13.8 Å². The van der Waals surface area contributed by atoms with Crippen molar-refractivity contribution >= 4 is 47.4 Å². The standard InChI is InChI=1S/C39H39N5O6S2/c1-42(51(45,46)38-11-5-7-30-26-40-19-17-34(30)38)32(28-43-21-23-44(24-22-43)36-9-3-4-10-37(36)49-2)25-29-13-15-33(16-14-29)50-52(47,48)39-12-6-8-31-27-41-20-18-35(31)39/h3-20,26-27,32H,21-25,28H2,1-2H3. The van der Waals surface area contributed by atoms with Crippen molar-refractivity contribution in [2.75, 3.05) is 51.8 Å². The Balaban J connectivity index is 1.13. The van der Waals surface area contributed by atoms with Crippen molar-refractivity contribution in [3.63, 3.8) is 0 Å². The number of benzene rings is 4. The molecule has 1 aliphatic rings. The number of methoxy groups -OCH3 is 1. The highest BCUT2D eigenvalue weighted by atomic mass is 32.2. The number of nitrogens with zero attached hydrogens (tertiary/aromatic N) is 5. The van der Waals surface area contributed by atoms with E-state index < -0.39 is 26.2 Å². The molecule has 11 nitrogen and oxygen atoms in total. The van der Waals surface area contributed by atoms with E-state index in [4.69, 9.17) is 8.92 Å². The van der Waals surface area contributed by atoms with Gasteiger partial charge in [-0.05, 0) is 60.5 Å². The third-order valence-electron chi connectivity index (χ3n) is 9.59. The first-order valence-corrected chi connectivity index (χ1v) is 19.8. The Morgan fingerprint density at radius 1 is 0.731 bits per heavy atom. The molecule has 13 heteroatoms. The summed E-state index contributed by atoms with van der Waals surface area (Å²) in [6.07, 6.45) is 6.80. The van der Waals surface area contributed by atoms with E-state index in [1.807, 2.05) is 24.3 Å². The van der Waals surface area contributed by atoms with Crippen LogP contribution in [0.1, 0.15) is 5.56 Å². The lowest BCUT2D eigenvalue weighted by molar-refractivity contribution is 0.200. The number of pyridine rings is 2. The van der Waals surface area contributed by atoms with Crippen LogP contribution in [0.3, 0.4) is 0 Å². The van der Waals surface area contributed by atoms with Gasteiger partial charge >= 0.3 is 10.1 Å². The van der Waals surface area contributed by atoms with Crippen LogP contribution in [0.4, 0.5) is 5.69 Å². The normalized spacial score (nSPS) is 14.9. The van der Waals surface area contributed by atoms with Gasteiger partial charge in [0.2, 0.25) is 10.0 Å². The molecule has 0 bridgehead atoms. The fourth-order valence-electron chi connectivity index (χ4n) is 6.77. The number of anilines is 1. The van der Waals surface area contributed by atoms with E-state index in [1.165, 1.54) is 10.4 Å². The van der Waals surface area contributed by atoms with Crippen molar-refractivity contribution in [3.05, 3.63) is 127 Å². The smallest absolute Gasteiger partial charge is 0.339 e. The Labute approximate surface area is 304 Å². The van der Waals surface area contributed by atoms with Gasteiger partial charge in [-0.3, -0.25) is 14.9 Å². The van der Waals surface area contributed by atoms with Crippen LogP contribution in [0.25, 0.3) is 21.5 Å². The lowest BCUT2D eigenvalue weighted by Gasteiger charge is -2.39. The molecule has 1 unspecified atom stereocenters. The molecule has 0 saturated carbocycles. The number of ether oxygens (including phenoxy) is 1. The van der Waals surface area contributed by atoms with Gasteiger partial charge in [-0.25, -0.2) is 8.42 Å². The van der Waals surface area contributed by atoms with Crippen molar-refractivity contribution in [1.82, 2.24) is 19.2 Å². The van der Waals surface area contributed by atoms with Gasteiger partial charge < -0.3 is 13.8 Å². The molecule has 0 N–H and O–H groups in total. The highest BCUT2D eigenvalue weighted by molar-refractivity contribution is 7.89. The number of fused-ring (bicyclic) bond motifs is 2. The van der Waals surface area contributed by atoms with Crippen LogP contribution in [-0.4, -0.2) is 88.9 Å². The molecular weight excluding hydrogens is 699 g/mol. The highest BCUT2D eigenvalue weighted by Gasteiger charge is 2.32. The van der Waals surface area contributed by atoms with Gasteiger partial charge in [-0.2, -0.15) is 12.7 Å². The SMILES string of the molecule is COc1ccccc1N1CCN(CC(Cc2ccc(OS(=O)(=O)c3cccc4cnccc34)cc2)N(C)S(=O)(=O)c2cccc3cnccc23)CC1. The summed E-state index contributed by atoms with van der Waals surface area (Å²) in [5.74, 6) is 0.976. The average Bonchev–Trinajstić information content (AvgIpc) is 3.17. The summed E-state index contributed by atoms with van der Waals surface area (Å²) in [7, 11) is -4.78. The van der Waals surface area contributed by atoms with E-state index in [-0.39, 0.29) is 15.5 Å². The molecule has 2 aromatic heterocycles. The molecule has 1 atom stereocenters. The molecule has 52 heavy (non-hydrogen) atoms. The molecule has 6 aromatic rings. The van der Waals surface area contributed by atoms with Crippen LogP contribution in [0.5, 0.6) is 11.5 Å². The molecule has 268 valence electrons. The number of likely N-dealkylation sites (N-methyl/N-ethyl adjacent to an activating group) is 1. The van der Waals surface area contributed by atoms with Gasteiger partial charge in [0.05, 0.1) is 17.7 Å². The summed E-state index contributed by atoms with van der Waals surface area (Å²) in [6.45, 7) is 3.47. The zero-order chi connectivity index (χ0) is 36.3. The number of hydrogen-bond donors (Lipinski definition) is 0. The Hall–Kier alpha value is -5.08. The molecule has 1 aliphatic heterocycles. The summed E-state index contributed by atoms with van der Waals surface area (Å²) < 4.78 is 68.0. The second kappa shape index (κ2) is 14.9. The van der Waals surface area contributed by atoms with Crippen LogP contribution in [0, 0.1) is 0 Å². The van der Waals surface area contributed by atoms with Crippen LogP contribution >= 0.6 is 0 Å². The summed E-state index contributed by atoms with van der Waals surface area (Å²) in [5.41, 5.74) is 1.87. The highest BCUT2D eigenvalue weighted by Crippen LogP contribution is 2.31. The molecule has 3 heterocycles. The molecule has 0 radical (unpaired) electrons. The minimum atomic E-state index is -4.14.